The van der Waals surface area contributed by atoms with Crippen molar-refractivity contribution in [2.24, 2.45) is 0 Å². The molecule has 2 fully saturated rings. The van der Waals surface area contributed by atoms with Gasteiger partial charge in [-0.25, -0.2) is 13.8 Å². The summed E-state index contributed by atoms with van der Waals surface area (Å²) in [4.78, 5) is 30.1. The Labute approximate surface area is 270 Å². The van der Waals surface area contributed by atoms with Gasteiger partial charge in [-0.2, -0.15) is 23.1 Å². The van der Waals surface area contributed by atoms with Crippen molar-refractivity contribution in [2.75, 3.05) is 58.1 Å². The van der Waals surface area contributed by atoms with Crippen LogP contribution in [0.1, 0.15) is 12.0 Å². The van der Waals surface area contributed by atoms with Crippen molar-refractivity contribution in [3.05, 3.63) is 48.3 Å². The van der Waals surface area contributed by atoms with Gasteiger partial charge in [-0.15, -0.1) is 0 Å². The minimum Gasteiger partial charge on any atom is -0.462 e. The van der Waals surface area contributed by atoms with E-state index in [1.54, 1.807) is 7.11 Å². The number of likely N-dealkylation sites (tertiary alicyclic amines) is 2. The third-order valence-electron chi connectivity index (χ3n) is 8.83. The minimum absolute atomic E-state index is 0.00321. The van der Waals surface area contributed by atoms with E-state index < -0.39 is 35.7 Å². The molecule has 2 aromatic heterocycles. The van der Waals surface area contributed by atoms with E-state index in [2.05, 4.69) is 26.4 Å². The molecule has 250 valence electrons. The highest BCUT2D eigenvalue weighted by Gasteiger charge is 2.40. The van der Waals surface area contributed by atoms with Crippen LogP contribution >= 0.6 is 11.3 Å². The van der Waals surface area contributed by atoms with Crippen molar-refractivity contribution in [1.29, 1.82) is 0 Å². The second kappa shape index (κ2) is 12.5. The minimum atomic E-state index is -4.87. The number of benzene rings is 2. The topological polar surface area (TPSA) is 110 Å². The molecular weight excluding hydrogens is 645 g/mol. The molecule has 0 spiro atoms. The molecule has 4 atom stereocenters. The molecule has 2 N–H and O–H groups in total. The van der Waals surface area contributed by atoms with Gasteiger partial charge in [0.15, 0.2) is 5.13 Å². The van der Waals surface area contributed by atoms with E-state index in [0.29, 0.717) is 13.0 Å². The van der Waals surface area contributed by atoms with E-state index in [9.17, 15) is 22.4 Å². The number of rotatable bonds is 8. The Hall–Kier alpha value is -4.15. The monoisotopic (exact) mass is 677 g/mol. The Morgan fingerprint density at radius 1 is 1.19 bits per heavy atom. The standard InChI is InChI=1S/C31H32F5N7O3S/c1-5-25(44)43-12-22(33)24(13-43)42(3)28-19-9-20(31(34,35)36)18(17-6-7-21(32)27-26(17)39-29(37)47-27)10-23(19)38-30(40-28)46-14-15-8-16(45-4)11-41(15)2/h5-7,9-10,15-16,22,24H,1,8,11-14H2,2-4H3,(H2,37,39)/t15-,16+,22+,24-/m0/s1. The van der Waals surface area contributed by atoms with Gasteiger partial charge in [0.05, 0.1) is 40.0 Å². The van der Waals surface area contributed by atoms with E-state index in [-0.39, 0.29) is 81.0 Å². The third-order valence-corrected chi connectivity index (χ3v) is 9.72. The number of likely N-dealkylation sites (N-methyl/N-ethyl adjacent to an activating group) is 2. The number of hydrogen-bond donors (Lipinski definition) is 1. The van der Waals surface area contributed by atoms with E-state index in [1.807, 2.05) is 7.05 Å². The number of thiazole rings is 1. The number of aromatic nitrogens is 3. The second-order valence-corrected chi connectivity index (χ2v) is 12.7. The molecule has 4 aromatic rings. The maximum Gasteiger partial charge on any atom is 0.417 e. The molecule has 0 bridgehead atoms. The smallest absolute Gasteiger partial charge is 0.417 e. The Morgan fingerprint density at radius 3 is 2.64 bits per heavy atom. The van der Waals surface area contributed by atoms with Gasteiger partial charge in [0.1, 0.15) is 24.4 Å². The van der Waals surface area contributed by atoms with Crippen molar-refractivity contribution < 1.29 is 36.2 Å². The first-order chi connectivity index (χ1) is 22.3. The first-order valence-electron chi connectivity index (χ1n) is 14.7. The maximum atomic E-state index is 15.4. The van der Waals surface area contributed by atoms with Crippen molar-refractivity contribution in [2.45, 2.75) is 37.0 Å². The Morgan fingerprint density at radius 2 is 1.96 bits per heavy atom. The highest BCUT2D eigenvalue weighted by Crippen LogP contribution is 2.44. The summed E-state index contributed by atoms with van der Waals surface area (Å²) in [6.07, 6.45) is -4.63. The molecule has 4 heterocycles. The first kappa shape index (κ1) is 32.8. The van der Waals surface area contributed by atoms with E-state index >= 15 is 4.39 Å². The molecule has 10 nitrogen and oxygen atoms in total. The lowest BCUT2D eigenvalue weighted by molar-refractivity contribution is -0.137. The van der Waals surface area contributed by atoms with Crippen LogP contribution in [-0.2, 0) is 15.7 Å². The molecule has 6 rings (SSSR count). The molecule has 47 heavy (non-hydrogen) atoms. The predicted octanol–water partition coefficient (Wildman–Crippen LogP) is 4.92. The molecule has 1 amide bonds. The average Bonchev–Trinajstić information content (AvgIpc) is 3.73. The Bertz CT molecular complexity index is 1850. The molecule has 0 unspecified atom stereocenters. The molecular formula is C31H32F5N7O3S. The highest BCUT2D eigenvalue weighted by atomic mass is 32.1. The average molecular weight is 678 g/mol. The quantitative estimate of drug-likeness (QED) is 0.206. The van der Waals surface area contributed by atoms with Crippen LogP contribution in [0.25, 0.3) is 32.2 Å². The zero-order chi connectivity index (χ0) is 33.8. The number of nitrogens with two attached hydrogens (primary N) is 1. The van der Waals surface area contributed by atoms with Crippen LogP contribution in [-0.4, -0.2) is 102 Å². The molecule has 16 heteroatoms. The van der Waals surface area contributed by atoms with Gasteiger partial charge in [-0.1, -0.05) is 17.9 Å². The zero-order valence-electron chi connectivity index (χ0n) is 25.7. The van der Waals surface area contributed by atoms with Crippen LogP contribution in [0.4, 0.5) is 32.9 Å². The van der Waals surface area contributed by atoms with Gasteiger partial charge in [0.2, 0.25) is 5.91 Å². The van der Waals surface area contributed by atoms with E-state index in [1.165, 1.54) is 29.0 Å². The number of carbonyl (C=O) groups excluding carboxylic acids is 1. The number of anilines is 2. The number of methoxy groups -OCH3 is 1. The SMILES string of the molecule is C=CC(=O)N1C[C@@H](F)[C@@H](N(C)c2nc(OC[C@@H]3C[C@@H](OC)CN3C)nc3cc(-c4ccc(F)c5sc(N)nc45)c(C(F)(F)F)cc23)C1. The summed E-state index contributed by atoms with van der Waals surface area (Å²) in [6.45, 7) is 4.05. The fourth-order valence-electron chi connectivity index (χ4n) is 6.28. The van der Waals surface area contributed by atoms with Gasteiger partial charge in [0.25, 0.3) is 0 Å². The highest BCUT2D eigenvalue weighted by molar-refractivity contribution is 7.22. The van der Waals surface area contributed by atoms with E-state index in [0.717, 1.165) is 29.5 Å². The lowest BCUT2D eigenvalue weighted by atomic mass is 9.96. The zero-order valence-corrected chi connectivity index (χ0v) is 26.5. The van der Waals surface area contributed by atoms with Crippen LogP contribution in [0.3, 0.4) is 0 Å². The van der Waals surface area contributed by atoms with Crippen LogP contribution in [0, 0.1) is 5.82 Å². The fraction of sp³-hybridized carbons (Fsp3) is 0.419. The van der Waals surface area contributed by atoms with Gasteiger partial charge in [-0.3, -0.25) is 9.69 Å². The van der Waals surface area contributed by atoms with Crippen molar-refractivity contribution >= 4 is 49.3 Å². The molecule has 2 aromatic carbocycles. The number of hydrogen-bond acceptors (Lipinski definition) is 10. The van der Waals surface area contributed by atoms with Crippen molar-refractivity contribution in [1.82, 2.24) is 24.8 Å². The Kier molecular flexibility index (Phi) is 8.69. The van der Waals surface area contributed by atoms with Gasteiger partial charge in [-0.05, 0) is 49.4 Å². The second-order valence-electron chi connectivity index (χ2n) is 11.7. The molecule has 2 aliphatic rings. The van der Waals surface area contributed by atoms with Crippen LogP contribution in [0.15, 0.2) is 36.9 Å². The number of fused-ring (bicyclic) bond motifs is 2. The van der Waals surface area contributed by atoms with E-state index in [4.69, 9.17) is 15.2 Å². The first-order valence-corrected chi connectivity index (χ1v) is 15.5. The lowest BCUT2D eigenvalue weighted by Crippen LogP contribution is -2.40. The maximum absolute atomic E-state index is 15.4. The summed E-state index contributed by atoms with van der Waals surface area (Å²) in [5.41, 5.74) is 4.53. The summed E-state index contributed by atoms with van der Waals surface area (Å²) in [5, 5.41) is -0.0262. The predicted molar refractivity (Wildman–Crippen MR) is 169 cm³/mol. The molecule has 0 radical (unpaired) electrons. The summed E-state index contributed by atoms with van der Waals surface area (Å²) >= 11 is 0.827. The van der Waals surface area contributed by atoms with Gasteiger partial charge in [0, 0.05) is 44.2 Å². The molecule has 2 aliphatic heterocycles. The third kappa shape index (κ3) is 6.16. The van der Waals surface area contributed by atoms with Crippen LogP contribution in [0.5, 0.6) is 6.01 Å². The molecule has 2 saturated heterocycles. The number of carbonyl (C=O) groups is 1. The van der Waals surface area contributed by atoms with Gasteiger partial charge < -0.3 is 25.0 Å². The molecule has 0 saturated carbocycles. The summed E-state index contributed by atoms with van der Waals surface area (Å²) < 4.78 is 85.8. The number of alkyl halides is 4. The summed E-state index contributed by atoms with van der Waals surface area (Å²) in [5.74, 6) is -1.14. The lowest BCUT2D eigenvalue weighted by Gasteiger charge is -2.28. The fourth-order valence-corrected chi connectivity index (χ4v) is 7.05. The normalized spacial score (nSPS) is 22.0. The van der Waals surface area contributed by atoms with Crippen molar-refractivity contribution in [3.63, 3.8) is 0 Å². The summed E-state index contributed by atoms with van der Waals surface area (Å²) in [7, 11) is 5.05. The Balaban J connectivity index is 1.50. The molecule has 0 aliphatic carbocycles. The van der Waals surface area contributed by atoms with Crippen LogP contribution < -0.4 is 15.4 Å². The van der Waals surface area contributed by atoms with Crippen LogP contribution in [0.2, 0.25) is 0 Å². The van der Waals surface area contributed by atoms with Crippen molar-refractivity contribution in [3.8, 4) is 17.1 Å². The summed E-state index contributed by atoms with van der Waals surface area (Å²) in [6, 6.07) is 3.30. The number of ether oxygens (including phenoxy) is 2. The number of amides is 1. The number of nitrogens with zero attached hydrogens (tertiary/aromatic N) is 6. The number of halogens is 5. The number of nitrogen functional groups attached to an aromatic ring is 1. The van der Waals surface area contributed by atoms with Gasteiger partial charge >= 0.3 is 12.2 Å². The largest absolute Gasteiger partial charge is 0.462 e.